The molecular weight excluding hydrogens is 222 g/mol. The van der Waals surface area contributed by atoms with Gasteiger partial charge in [0.2, 0.25) is 0 Å². The Morgan fingerprint density at radius 2 is 2.18 bits per heavy atom. The monoisotopic (exact) mass is 233 g/mol. The summed E-state index contributed by atoms with van der Waals surface area (Å²) in [4.78, 5) is 10.8. The highest BCUT2D eigenvalue weighted by Gasteiger charge is 2.18. The highest BCUT2D eigenvalue weighted by atomic mass is 16.5. The van der Waals surface area contributed by atoms with E-state index in [2.05, 4.69) is 15.1 Å². The molecule has 0 aliphatic carbocycles. The molecule has 0 unspecified atom stereocenters. The van der Waals surface area contributed by atoms with Crippen LogP contribution in [0.25, 0.3) is 11.0 Å². The Morgan fingerprint density at radius 3 is 3.00 bits per heavy atom. The van der Waals surface area contributed by atoms with Crippen molar-refractivity contribution >= 4 is 17.0 Å². The van der Waals surface area contributed by atoms with Crippen molar-refractivity contribution in [3.63, 3.8) is 0 Å². The highest BCUT2D eigenvalue weighted by Crippen LogP contribution is 2.11. The summed E-state index contributed by atoms with van der Waals surface area (Å²) in [7, 11) is 0. The van der Waals surface area contributed by atoms with Crippen molar-refractivity contribution < 1.29 is 9.58 Å². The Kier molecular flexibility index (Phi) is 2.45. The number of hydrogen-bond donors (Lipinski definition) is 0. The summed E-state index contributed by atoms with van der Waals surface area (Å²) in [5.41, 5.74) is 0.982. The minimum atomic E-state index is 0.379. The van der Waals surface area contributed by atoms with E-state index in [4.69, 9.17) is 4.74 Å². The zero-order valence-electron chi connectivity index (χ0n) is 9.11. The van der Waals surface area contributed by atoms with Crippen LogP contribution in [-0.2, 0) is 4.74 Å². The summed E-state index contributed by atoms with van der Waals surface area (Å²) < 4.78 is 5.25. The molecule has 0 aromatic carbocycles. The van der Waals surface area contributed by atoms with Crippen LogP contribution in [0.5, 0.6) is 0 Å². The zero-order chi connectivity index (χ0) is 11.7. The molecule has 0 radical (unpaired) electrons. The van der Waals surface area contributed by atoms with E-state index in [-0.39, 0.29) is 0 Å². The van der Waals surface area contributed by atoms with Crippen LogP contribution in [-0.4, -0.2) is 41.4 Å². The molecule has 0 atom stereocenters. The van der Waals surface area contributed by atoms with Crippen molar-refractivity contribution in [3.05, 3.63) is 23.7 Å². The van der Waals surface area contributed by atoms with Crippen molar-refractivity contribution in [1.29, 1.82) is 0 Å². The summed E-state index contributed by atoms with van der Waals surface area (Å²) in [5.74, 6) is 0.446. The van der Waals surface area contributed by atoms with Crippen LogP contribution in [0, 0.1) is 5.21 Å². The van der Waals surface area contributed by atoms with Gasteiger partial charge < -0.3 is 14.8 Å². The summed E-state index contributed by atoms with van der Waals surface area (Å²) >= 11 is 0. The maximum atomic E-state index is 11.7. The molecule has 88 valence electrons. The molecule has 2 aromatic rings. The normalized spacial score (nSPS) is 16.4. The van der Waals surface area contributed by atoms with E-state index in [1.165, 1.54) is 6.20 Å². The van der Waals surface area contributed by atoms with Crippen LogP contribution in [0.15, 0.2) is 18.5 Å². The molecule has 2 aromatic heterocycles. The highest BCUT2D eigenvalue weighted by molar-refractivity contribution is 5.70. The second-order valence-electron chi connectivity index (χ2n) is 3.75. The second kappa shape index (κ2) is 4.10. The van der Waals surface area contributed by atoms with Crippen molar-refractivity contribution in [1.82, 2.24) is 15.1 Å². The second-order valence-corrected chi connectivity index (χ2v) is 3.75. The zero-order valence-corrected chi connectivity index (χ0v) is 9.11. The Bertz CT molecular complexity index is 541. The average Bonchev–Trinajstić information content (AvgIpc) is 2.40. The van der Waals surface area contributed by atoms with Crippen LogP contribution >= 0.6 is 0 Å². The first-order valence-electron chi connectivity index (χ1n) is 5.39. The van der Waals surface area contributed by atoms with Gasteiger partial charge >= 0.3 is 0 Å². The molecule has 1 aliphatic heterocycles. The first-order valence-corrected chi connectivity index (χ1v) is 5.39. The van der Waals surface area contributed by atoms with Crippen LogP contribution in [0.4, 0.5) is 5.95 Å². The first kappa shape index (κ1) is 10.2. The van der Waals surface area contributed by atoms with Gasteiger partial charge in [-0.25, -0.2) is 4.98 Å². The van der Waals surface area contributed by atoms with Gasteiger partial charge in [-0.1, -0.05) is 0 Å². The molecule has 0 N–H and O–H groups in total. The fraction of sp³-hybridized carbons (Fsp3) is 0.400. The number of anilines is 1. The molecule has 1 aliphatic rings. The van der Waals surface area contributed by atoms with Crippen LogP contribution in [0.1, 0.15) is 0 Å². The molecule has 1 saturated heterocycles. The van der Waals surface area contributed by atoms with E-state index in [1.807, 2.05) is 4.90 Å². The lowest BCUT2D eigenvalue weighted by atomic mass is 10.4. The summed E-state index contributed by atoms with van der Waals surface area (Å²) in [5, 5.41) is 15.6. The minimum absolute atomic E-state index is 0.379. The van der Waals surface area contributed by atoms with Gasteiger partial charge in [-0.05, 0) is 10.9 Å². The molecule has 3 heterocycles. The van der Waals surface area contributed by atoms with Gasteiger partial charge in [0.15, 0.2) is 0 Å². The predicted octanol–water partition coefficient (Wildman–Crippen LogP) is -0.505. The fourth-order valence-electron chi connectivity index (χ4n) is 1.78. The summed E-state index contributed by atoms with van der Waals surface area (Å²) in [6, 6.07) is 1.70. The number of nitrogens with zero attached hydrogens (tertiary/aromatic N) is 5. The predicted molar refractivity (Wildman–Crippen MR) is 59.3 cm³/mol. The Labute approximate surface area is 97.2 Å². The largest absolute Gasteiger partial charge is 0.594 e. The topological polar surface area (TPSA) is 78.1 Å². The van der Waals surface area contributed by atoms with E-state index >= 15 is 0 Å². The molecule has 7 nitrogen and oxygen atoms in total. The number of rotatable bonds is 1. The Hall–Kier alpha value is -2.02. The van der Waals surface area contributed by atoms with E-state index in [9.17, 15) is 5.21 Å². The van der Waals surface area contributed by atoms with E-state index in [1.54, 1.807) is 12.3 Å². The first-order chi connectivity index (χ1) is 8.34. The Balaban J connectivity index is 2.05. The van der Waals surface area contributed by atoms with Gasteiger partial charge in [0.25, 0.3) is 11.5 Å². The number of aromatic nitrogens is 4. The number of ether oxygens (including phenoxy) is 1. The molecular formula is C10H11N5O2. The fourth-order valence-corrected chi connectivity index (χ4v) is 1.78. The third-order valence-corrected chi connectivity index (χ3v) is 2.68. The van der Waals surface area contributed by atoms with Crippen molar-refractivity contribution in [3.8, 4) is 0 Å². The molecule has 7 heteroatoms. The number of pyridine rings is 1. The third kappa shape index (κ3) is 1.84. The van der Waals surface area contributed by atoms with E-state index in [0.717, 1.165) is 0 Å². The van der Waals surface area contributed by atoms with Crippen molar-refractivity contribution in [2.24, 2.45) is 0 Å². The summed E-state index contributed by atoms with van der Waals surface area (Å²) in [6.45, 7) is 2.68. The van der Waals surface area contributed by atoms with Crippen LogP contribution in [0.2, 0.25) is 0 Å². The molecule has 0 bridgehead atoms. The number of hydrogen-bond acceptors (Lipinski definition) is 6. The van der Waals surface area contributed by atoms with Gasteiger partial charge in [-0.15, -0.1) is 0 Å². The average molecular weight is 233 g/mol. The molecule has 3 rings (SSSR count). The van der Waals surface area contributed by atoms with Gasteiger partial charge in [-0.3, -0.25) is 4.98 Å². The molecule has 17 heavy (non-hydrogen) atoms. The third-order valence-electron chi connectivity index (χ3n) is 2.68. The molecule has 0 amide bonds. The molecule has 0 spiro atoms. The quantitative estimate of drug-likeness (QED) is 0.488. The molecule has 1 fully saturated rings. The van der Waals surface area contributed by atoms with Crippen LogP contribution < -0.4 is 9.75 Å². The minimum Gasteiger partial charge on any atom is -0.594 e. The van der Waals surface area contributed by atoms with Gasteiger partial charge in [-0.2, -0.15) is 0 Å². The number of fused-ring (bicyclic) bond motifs is 1. The lowest BCUT2D eigenvalue weighted by Crippen LogP contribution is -2.41. The number of morpholine rings is 1. The van der Waals surface area contributed by atoms with E-state index in [0.29, 0.717) is 48.1 Å². The van der Waals surface area contributed by atoms with Gasteiger partial charge in [0, 0.05) is 19.3 Å². The SMILES string of the molecule is [O-][n+]1nc(N2CCOCC2)nc2ccncc21. The van der Waals surface area contributed by atoms with Gasteiger partial charge in [0.1, 0.15) is 11.7 Å². The van der Waals surface area contributed by atoms with Crippen molar-refractivity contribution in [2.45, 2.75) is 0 Å². The summed E-state index contributed by atoms with van der Waals surface area (Å²) in [6.07, 6.45) is 3.07. The smallest absolute Gasteiger partial charge is 0.293 e. The molecule has 0 saturated carbocycles. The standard InChI is InChI=1S/C10H11N5O2/c16-15-9-7-11-2-1-8(9)12-10(13-15)14-3-5-17-6-4-14/h1-2,7H,3-6H2. The lowest BCUT2D eigenvalue weighted by molar-refractivity contribution is -0.642. The lowest BCUT2D eigenvalue weighted by Gasteiger charge is -2.25. The van der Waals surface area contributed by atoms with E-state index < -0.39 is 0 Å². The maximum Gasteiger partial charge on any atom is 0.293 e. The van der Waals surface area contributed by atoms with Gasteiger partial charge in [0.05, 0.1) is 18.3 Å². The van der Waals surface area contributed by atoms with Crippen molar-refractivity contribution in [2.75, 3.05) is 31.2 Å². The Morgan fingerprint density at radius 1 is 1.35 bits per heavy atom. The maximum absolute atomic E-state index is 11.7. The van der Waals surface area contributed by atoms with Crippen LogP contribution in [0.3, 0.4) is 0 Å².